The Morgan fingerprint density at radius 2 is 2.36 bits per heavy atom. The minimum Gasteiger partial charge on any atom is -0.481 e. The first-order valence-electron chi connectivity index (χ1n) is 4.43. The van der Waals surface area contributed by atoms with Crippen LogP contribution in [0.25, 0.3) is 0 Å². The largest absolute Gasteiger partial charge is 0.481 e. The summed E-state index contributed by atoms with van der Waals surface area (Å²) >= 11 is 4.33. The number of aromatic nitrogens is 1. The van der Waals surface area contributed by atoms with Gasteiger partial charge in [0.25, 0.3) is 0 Å². The Balaban J connectivity index is 2.59. The highest BCUT2D eigenvalue weighted by atomic mass is 32.1. The van der Waals surface area contributed by atoms with E-state index in [1.165, 1.54) is 0 Å². The van der Waals surface area contributed by atoms with E-state index in [1.54, 1.807) is 13.1 Å². The third kappa shape index (κ3) is 3.03. The maximum atomic E-state index is 10.6. The minimum atomic E-state index is -0.792. The number of hydrogen-bond acceptors (Lipinski definition) is 3. The molecule has 14 heavy (non-hydrogen) atoms. The van der Waals surface area contributed by atoms with Gasteiger partial charge in [-0.25, -0.2) is 0 Å². The Hall–Kier alpha value is -1.03. The maximum absolute atomic E-state index is 10.6. The van der Waals surface area contributed by atoms with E-state index in [2.05, 4.69) is 17.6 Å². The molecule has 3 nitrogen and oxygen atoms in total. The lowest BCUT2D eigenvalue weighted by Crippen LogP contribution is -2.12. The van der Waals surface area contributed by atoms with Gasteiger partial charge in [0, 0.05) is 11.4 Å². The molecule has 0 spiro atoms. The number of aliphatic carboxylic acids is 1. The maximum Gasteiger partial charge on any atom is 0.306 e. The number of nitrogens with zero attached hydrogens (tertiary/aromatic N) is 1. The van der Waals surface area contributed by atoms with Gasteiger partial charge in [-0.05, 0) is 18.6 Å². The van der Waals surface area contributed by atoms with Crippen LogP contribution in [0.15, 0.2) is 24.4 Å². The summed E-state index contributed by atoms with van der Waals surface area (Å²) in [4.78, 5) is 14.7. The Morgan fingerprint density at radius 1 is 1.64 bits per heavy atom. The number of carbonyl (C=O) groups is 1. The Kier molecular flexibility index (Phi) is 3.95. The SMILES string of the molecule is CC(CC(S)c1ccccn1)C(=O)O. The van der Waals surface area contributed by atoms with E-state index in [9.17, 15) is 4.79 Å². The monoisotopic (exact) mass is 211 g/mol. The van der Waals surface area contributed by atoms with Crippen LogP contribution in [0.5, 0.6) is 0 Å². The predicted molar refractivity (Wildman–Crippen MR) is 57.4 cm³/mol. The predicted octanol–water partition coefficient (Wildman–Crippen LogP) is 2.16. The summed E-state index contributed by atoms with van der Waals surface area (Å²) in [6.45, 7) is 1.68. The van der Waals surface area contributed by atoms with Crippen molar-refractivity contribution in [3.8, 4) is 0 Å². The number of rotatable bonds is 4. The Labute approximate surface area is 88.6 Å². The number of carboxylic acid groups (broad SMARTS) is 1. The second-order valence-corrected chi connectivity index (χ2v) is 3.87. The van der Waals surface area contributed by atoms with Gasteiger partial charge in [-0.3, -0.25) is 9.78 Å². The van der Waals surface area contributed by atoms with Crippen molar-refractivity contribution in [2.45, 2.75) is 18.6 Å². The van der Waals surface area contributed by atoms with Gasteiger partial charge in [0.1, 0.15) is 0 Å². The molecule has 0 fully saturated rings. The van der Waals surface area contributed by atoms with Crippen LogP contribution in [-0.4, -0.2) is 16.1 Å². The third-order valence-corrected chi connectivity index (χ3v) is 2.50. The number of hydrogen-bond donors (Lipinski definition) is 2. The molecule has 76 valence electrons. The molecule has 0 radical (unpaired) electrons. The van der Waals surface area contributed by atoms with Crippen molar-refractivity contribution >= 4 is 18.6 Å². The van der Waals surface area contributed by atoms with Crippen LogP contribution < -0.4 is 0 Å². The van der Waals surface area contributed by atoms with Crippen LogP contribution in [-0.2, 0) is 4.79 Å². The van der Waals surface area contributed by atoms with Crippen LogP contribution in [0, 0.1) is 5.92 Å². The second-order valence-electron chi connectivity index (χ2n) is 3.25. The zero-order valence-electron chi connectivity index (χ0n) is 7.92. The number of pyridine rings is 1. The number of thiol groups is 1. The molecule has 0 aromatic carbocycles. The number of carboxylic acids is 1. The average molecular weight is 211 g/mol. The van der Waals surface area contributed by atoms with Gasteiger partial charge in [0.15, 0.2) is 0 Å². The lowest BCUT2D eigenvalue weighted by molar-refractivity contribution is -0.141. The molecule has 2 unspecified atom stereocenters. The first kappa shape index (κ1) is 11.0. The molecule has 0 aliphatic carbocycles. The van der Waals surface area contributed by atoms with Crippen LogP contribution in [0.3, 0.4) is 0 Å². The zero-order valence-corrected chi connectivity index (χ0v) is 8.82. The van der Waals surface area contributed by atoms with Crippen LogP contribution >= 0.6 is 12.6 Å². The van der Waals surface area contributed by atoms with Crippen LogP contribution in [0.1, 0.15) is 24.3 Å². The average Bonchev–Trinajstić information content (AvgIpc) is 2.19. The molecule has 1 N–H and O–H groups in total. The van der Waals surface area contributed by atoms with Gasteiger partial charge in [-0.1, -0.05) is 13.0 Å². The Bertz CT molecular complexity index is 302. The van der Waals surface area contributed by atoms with Crippen molar-refractivity contribution in [3.63, 3.8) is 0 Å². The van der Waals surface area contributed by atoms with Gasteiger partial charge < -0.3 is 5.11 Å². The molecule has 4 heteroatoms. The summed E-state index contributed by atoms with van der Waals surface area (Å²) in [6, 6.07) is 5.55. The molecule has 0 bridgehead atoms. The summed E-state index contributed by atoms with van der Waals surface area (Å²) in [6.07, 6.45) is 2.18. The van der Waals surface area contributed by atoms with E-state index in [-0.39, 0.29) is 11.2 Å². The lowest BCUT2D eigenvalue weighted by Gasteiger charge is -2.12. The Morgan fingerprint density at radius 3 is 2.86 bits per heavy atom. The zero-order chi connectivity index (χ0) is 10.6. The van der Waals surface area contributed by atoms with Crippen molar-refractivity contribution in [1.82, 2.24) is 4.98 Å². The van der Waals surface area contributed by atoms with Crippen molar-refractivity contribution in [1.29, 1.82) is 0 Å². The fraction of sp³-hybridized carbons (Fsp3) is 0.400. The summed E-state index contributed by atoms with van der Waals surface area (Å²) in [5.41, 5.74) is 0.823. The molecule has 0 saturated heterocycles. The summed E-state index contributed by atoms with van der Waals surface area (Å²) < 4.78 is 0. The molecule has 1 aromatic heterocycles. The van der Waals surface area contributed by atoms with Crippen molar-refractivity contribution in [3.05, 3.63) is 30.1 Å². The quantitative estimate of drug-likeness (QED) is 0.750. The molecule has 2 atom stereocenters. The van der Waals surface area contributed by atoms with Gasteiger partial charge in [0.05, 0.1) is 11.6 Å². The molecule has 0 aliphatic heterocycles. The van der Waals surface area contributed by atoms with Crippen molar-refractivity contribution in [2.75, 3.05) is 0 Å². The molecule has 0 saturated carbocycles. The second kappa shape index (κ2) is 5.00. The topological polar surface area (TPSA) is 50.2 Å². The molecule has 1 rings (SSSR count). The highest BCUT2D eigenvalue weighted by Crippen LogP contribution is 2.25. The van der Waals surface area contributed by atoms with Gasteiger partial charge >= 0.3 is 5.97 Å². The molecule has 0 amide bonds. The normalized spacial score (nSPS) is 14.7. The van der Waals surface area contributed by atoms with Gasteiger partial charge in [-0.2, -0.15) is 12.6 Å². The van der Waals surface area contributed by atoms with Crippen LogP contribution in [0.2, 0.25) is 0 Å². The molecular weight excluding hydrogens is 198 g/mol. The lowest BCUT2D eigenvalue weighted by atomic mass is 10.0. The van der Waals surface area contributed by atoms with E-state index in [0.29, 0.717) is 6.42 Å². The molecular formula is C10H13NO2S. The fourth-order valence-corrected chi connectivity index (χ4v) is 1.60. The van der Waals surface area contributed by atoms with Crippen LogP contribution in [0.4, 0.5) is 0 Å². The summed E-state index contributed by atoms with van der Waals surface area (Å²) in [7, 11) is 0. The fourth-order valence-electron chi connectivity index (χ4n) is 1.13. The van der Waals surface area contributed by atoms with Gasteiger partial charge in [0.2, 0.25) is 0 Å². The van der Waals surface area contributed by atoms with Crippen molar-refractivity contribution in [2.24, 2.45) is 5.92 Å². The highest BCUT2D eigenvalue weighted by Gasteiger charge is 2.17. The standard InChI is InChI=1S/C10H13NO2S/c1-7(10(12)13)6-9(14)8-4-2-3-5-11-8/h2-5,7,9,14H,6H2,1H3,(H,12,13). The van der Waals surface area contributed by atoms with E-state index >= 15 is 0 Å². The van der Waals surface area contributed by atoms with E-state index in [1.807, 2.05) is 18.2 Å². The highest BCUT2D eigenvalue weighted by molar-refractivity contribution is 7.80. The summed E-state index contributed by atoms with van der Waals surface area (Å²) in [5.74, 6) is -1.18. The summed E-state index contributed by atoms with van der Waals surface area (Å²) in [5, 5.41) is 8.61. The molecule has 0 aliphatic rings. The van der Waals surface area contributed by atoms with Gasteiger partial charge in [-0.15, -0.1) is 0 Å². The smallest absolute Gasteiger partial charge is 0.306 e. The minimum absolute atomic E-state index is 0.109. The third-order valence-electron chi connectivity index (χ3n) is 2.03. The molecule has 1 heterocycles. The molecule has 1 aromatic rings. The van der Waals surface area contributed by atoms with E-state index < -0.39 is 5.97 Å². The first-order chi connectivity index (χ1) is 6.61. The van der Waals surface area contributed by atoms with E-state index in [4.69, 9.17) is 5.11 Å². The van der Waals surface area contributed by atoms with E-state index in [0.717, 1.165) is 5.69 Å². The first-order valence-corrected chi connectivity index (χ1v) is 4.94. The van der Waals surface area contributed by atoms with Crippen molar-refractivity contribution < 1.29 is 9.90 Å².